The number of hydrogen-bond acceptors (Lipinski definition) is 0. The van der Waals surface area contributed by atoms with Gasteiger partial charge < -0.3 is 0 Å². The lowest BCUT2D eigenvalue weighted by atomic mass is 9.68. The van der Waals surface area contributed by atoms with Crippen molar-refractivity contribution in [1.82, 2.24) is 0 Å². The third kappa shape index (κ3) is 4.64. The summed E-state index contributed by atoms with van der Waals surface area (Å²) in [6, 6.07) is 0. The molecule has 0 aromatic heterocycles. The lowest BCUT2D eigenvalue weighted by Gasteiger charge is -2.38. The molecule has 0 saturated heterocycles. The fourth-order valence-electron chi connectivity index (χ4n) is 3.19. The van der Waals surface area contributed by atoms with Gasteiger partial charge in [0.05, 0.1) is 0 Å². The van der Waals surface area contributed by atoms with Crippen LogP contribution >= 0.6 is 0 Å². The van der Waals surface area contributed by atoms with E-state index in [2.05, 4.69) is 62.3 Å². The van der Waals surface area contributed by atoms with Gasteiger partial charge in [0.1, 0.15) is 0 Å². The fourth-order valence-corrected chi connectivity index (χ4v) is 3.19. The Morgan fingerprint density at radius 1 is 0.529 bits per heavy atom. The first-order valence-electron chi connectivity index (χ1n) is 7.73. The molecule has 0 rings (SSSR count). The minimum Gasteiger partial charge on any atom is -0.0651 e. The Balaban J connectivity index is 4.68. The summed E-state index contributed by atoms with van der Waals surface area (Å²) in [4.78, 5) is 0. The molecule has 0 aliphatic carbocycles. The van der Waals surface area contributed by atoms with Crippen LogP contribution in [0.2, 0.25) is 0 Å². The SMILES string of the molecule is CCC(C(C)C(C)C)C(C)C(C)C(C)C(C)C. The Morgan fingerprint density at radius 3 is 1.24 bits per heavy atom. The van der Waals surface area contributed by atoms with Crippen molar-refractivity contribution in [2.45, 2.75) is 68.7 Å². The molecule has 0 radical (unpaired) electrons. The average Bonchev–Trinajstić information content (AvgIpc) is 2.27. The van der Waals surface area contributed by atoms with Crippen LogP contribution in [0.4, 0.5) is 0 Å². The van der Waals surface area contributed by atoms with E-state index < -0.39 is 0 Å². The summed E-state index contributed by atoms with van der Waals surface area (Å²) in [5.41, 5.74) is 0. The highest BCUT2D eigenvalue weighted by Crippen LogP contribution is 2.38. The first-order chi connectivity index (χ1) is 7.73. The van der Waals surface area contributed by atoms with Crippen LogP contribution in [0.15, 0.2) is 0 Å². The summed E-state index contributed by atoms with van der Waals surface area (Å²) in [6.07, 6.45) is 1.33. The van der Waals surface area contributed by atoms with Crippen LogP contribution < -0.4 is 0 Å². The molecule has 0 aliphatic heterocycles. The van der Waals surface area contributed by atoms with Crippen molar-refractivity contribution in [1.29, 1.82) is 0 Å². The molecule has 17 heavy (non-hydrogen) atoms. The number of hydrogen-bond donors (Lipinski definition) is 0. The topological polar surface area (TPSA) is 0 Å². The molecular formula is C17H36. The molecule has 0 nitrogen and oxygen atoms in total. The van der Waals surface area contributed by atoms with Crippen molar-refractivity contribution in [2.75, 3.05) is 0 Å². The van der Waals surface area contributed by atoms with Crippen LogP contribution in [-0.2, 0) is 0 Å². The molecule has 0 spiro atoms. The Bertz CT molecular complexity index is 192. The van der Waals surface area contributed by atoms with Crippen molar-refractivity contribution in [3.05, 3.63) is 0 Å². The van der Waals surface area contributed by atoms with E-state index in [1.165, 1.54) is 6.42 Å². The first-order valence-corrected chi connectivity index (χ1v) is 7.73. The maximum Gasteiger partial charge on any atom is -0.0360 e. The third-order valence-electron chi connectivity index (χ3n) is 5.58. The number of rotatable bonds is 7. The highest BCUT2D eigenvalue weighted by molar-refractivity contribution is 4.79. The van der Waals surface area contributed by atoms with Crippen molar-refractivity contribution in [2.24, 2.45) is 41.4 Å². The largest absolute Gasteiger partial charge is 0.0651 e. The molecule has 0 saturated carbocycles. The minimum absolute atomic E-state index is 0.805. The van der Waals surface area contributed by atoms with Gasteiger partial charge in [-0.2, -0.15) is 0 Å². The lowest BCUT2D eigenvalue weighted by molar-refractivity contribution is 0.111. The second kappa shape index (κ2) is 7.44. The minimum atomic E-state index is 0.805. The van der Waals surface area contributed by atoms with Gasteiger partial charge in [-0.15, -0.1) is 0 Å². The summed E-state index contributed by atoms with van der Waals surface area (Å²) in [5.74, 6) is 5.85. The summed E-state index contributed by atoms with van der Waals surface area (Å²) in [5, 5.41) is 0. The van der Waals surface area contributed by atoms with Gasteiger partial charge in [0, 0.05) is 0 Å². The maximum absolute atomic E-state index is 2.48. The zero-order chi connectivity index (χ0) is 13.7. The van der Waals surface area contributed by atoms with Gasteiger partial charge in [-0.25, -0.2) is 0 Å². The first kappa shape index (κ1) is 17.0. The van der Waals surface area contributed by atoms with Gasteiger partial charge in [0.15, 0.2) is 0 Å². The molecule has 0 heteroatoms. The quantitative estimate of drug-likeness (QED) is 0.522. The Labute approximate surface area is 111 Å². The van der Waals surface area contributed by atoms with Crippen molar-refractivity contribution in [3.8, 4) is 0 Å². The monoisotopic (exact) mass is 240 g/mol. The Kier molecular flexibility index (Phi) is 7.44. The molecular weight excluding hydrogens is 204 g/mol. The van der Waals surface area contributed by atoms with Crippen LogP contribution in [0.3, 0.4) is 0 Å². The normalized spacial score (nSPS) is 21.4. The molecule has 5 atom stereocenters. The molecule has 0 aliphatic rings. The smallest absolute Gasteiger partial charge is 0.0360 e. The van der Waals surface area contributed by atoms with Crippen LogP contribution in [0.25, 0.3) is 0 Å². The fraction of sp³-hybridized carbons (Fsp3) is 1.00. The predicted molar refractivity (Wildman–Crippen MR) is 80.1 cm³/mol. The van der Waals surface area contributed by atoms with Gasteiger partial charge in [-0.05, 0) is 41.4 Å². The van der Waals surface area contributed by atoms with E-state index in [-0.39, 0.29) is 0 Å². The van der Waals surface area contributed by atoms with Crippen molar-refractivity contribution >= 4 is 0 Å². The molecule has 0 fully saturated rings. The molecule has 104 valence electrons. The van der Waals surface area contributed by atoms with Crippen molar-refractivity contribution < 1.29 is 0 Å². The summed E-state index contributed by atoms with van der Waals surface area (Å²) < 4.78 is 0. The van der Waals surface area contributed by atoms with Crippen molar-refractivity contribution in [3.63, 3.8) is 0 Å². The lowest BCUT2D eigenvalue weighted by Crippen LogP contribution is -2.31. The standard InChI is InChI=1S/C17H36/c1-10-17(14(7)12(4)5)16(9)15(8)13(6)11(2)3/h11-17H,10H2,1-9H3. The molecule has 0 N–H and O–H groups in total. The molecule has 0 heterocycles. The summed E-state index contributed by atoms with van der Waals surface area (Å²) in [7, 11) is 0. The van der Waals surface area contributed by atoms with E-state index in [0.717, 1.165) is 41.4 Å². The second-order valence-corrected chi connectivity index (χ2v) is 7.00. The Hall–Kier alpha value is 0. The average molecular weight is 240 g/mol. The molecule has 0 aromatic carbocycles. The van der Waals surface area contributed by atoms with Crippen LogP contribution in [0.5, 0.6) is 0 Å². The summed E-state index contributed by atoms with van der Waals surface area (Å²) >= 11 is 0. The highest BCUT2D eigenvalue weighted by atomic mass is 14.4. The van der Waals surface area contributed by atoms with E-state index in [9.17, 15) is 0 Å². The maximum atomic E-state index is 2.48. The van der Waals surface area contributed by atoms with E-state index >= 15 is 0 Å². The van der Waals surface area contributed by atoms with Gasteiger partial charge in [0.25, 0.3) is 0 Å². The molecule has 0 aromatic rings. The van der Waals surface area contributed by atoms with Gasteiger partial charge in [0.2, 0.25) is 0 Å². The Morgan fingerprint density at radius 2 is 0.941 bits per heavy atom. The third-order valence-corrected chi connectivity index (χ3v) is 5.58. The van der Waals surface area contributed by atoms with E-state index in [1.54, 1.807) is 0 Å². The highest BCUT2D eigenvalue weighted by Gasteiger charge is 2.30. The molecule has 0 amide bonds. The van der Waals surface area contributed by atoms with E-state index in [0.29, 0.717) is 0 Å². The summed E-state index contributed by atoms with van der Waals surface area (Å²) in [6.45, 7) is 21.7. The van der Waals surface area contributed by atoms with Gasteiger partial charge in [-0.1, -0.05) is 68.7 Å². The van der Waals surface area contributed by atoms with E-state index in [4.69, 9.17) is 0 Å². The van der Waals surface area contributed by atoms with Gasteiger partial charge in [-0.3, -0.25) is 0 Å². The molecule has 0 bridgehead atoms. The van der Waals surface area contributed by atoms with Crippen LogP contribution in [0.1, 0.15) is 68.7 Å². The zero-order valence-corrected chi connectivity index (χ0v) is 13.7. The zero-order valence-electron chi connectivity index (χ0n) is 13.7. The molecule has 5 unspecified atom stereocenters. The van der Waals surface area contributed by atoms with Crippen LogP contribution in [0, 0.1) is 41.4 Å². The van der Waals surface area contributed by atoms with E-state index in [1.807, 2.05) is 0 Å². The van der Waals surface area contributed by atoms with Gasteiger partial charge >= 0.3 is 0 Å². The predicted octanol–water partition coefficient (Wildman–Crippen LogP) is 5.87. The van der Waals surface area contributed by atoms with Crippen LogP contribution in [-0.4, -0.2) is 0 Å². The second-order valence-electron chi connectivity index (χ2n) is 7.00.